The Morgan fingerprint density at radius 2 is 1.84 bits per heavy atom. The van der Waals surface area contributed by atoms with Crippen LogP contribution >= 0.6 is 0 Å². The normalized spacial score (nSPS) is 12.5. The minimum atomic E-state index is -5.63. The summed E-state index contributed by atoms with van der Waals surface area (Å²) in [5.74, 6) is -1.23. The van der Waals surface area contributed by atoms with Crippen LogP contribution in [0.1, 0.15) is 39.5 Å². The zero-order chi connectivity index (χ0) is 15.3. The van der Waals surface area contributed by atoms with Crippen molar-refractivity contribution in [2.24, 2.45) is 5.92 Å². The van der Waals surface area contributed by atoms with Gasteiger partial charge in [-0.15, -0.1) is 0 Å². The van der Waals surface area contributed by atoms with Crippen molar-refractivity contribution in [1.82, 2.24) is 0 Å². The van der Waals surface area contributed by atoms with E-state index < -0.39 is 27.8 Å². The Balaban J connectivity index is 4.45. The van der Waals surface area contributed by atoms with Crippen LogP contribution in [0.5, 0.6) is 0 Å². The molecule has 0 aliphatic carbocycles. The molecular weight excluding hydrogens is 282 g/mol. The summed E-state index contributed by atoms with van der Waals surface area (Å²) >= 11 is 0. The van der Waals surface area contributed by atoms with Gasteiger partial charge in [-0.1, -0.05) is 33.3 Å². The van der Waals surface area contributed by atoms with Crippen LogP contribution in [0.3, 0.4) is 0 Å². The number of hydrogen-bond acceptors (Lipinski definition) is 4. The second kappa shape index (κ2) is 6.95. The number of carbonyl (C=O) groups is 1. The molecule has 112 valence electrons. The van der Waals surface area contributed by atoms with E-state index in [1.165, 1.54) is 0 Å². The highest BCUT2D eigenvalue weighted by Crippen LogP contribution is 2.26. The molecule has 0 aliphatic heterocycles. The van der Waals surface area contributed by atoms with Gasteiger partial charge in [0.2, 0.25) is 0 Å². The lowest BCUT2D eigenvalue weighted by Gasteiger charge is -2.15. The van der Waals surface area contributed by atoms with Crippen molar-refractivity contribution in [1.29, 1.82) is 0 Å². The van der Waals surface area contributed by atoms with Crippen molar-refractivity contribution in [3.63, 3.8) is 0 Å². The maximum absolute atomic E-state index is 12.9. The number of carbonyl (C=O) groups excluding carboxylic acids is 1. The molecule has 0 unspecified atom stereocenters. The first-order chi connectivity index (χ1) is 8.53. The highest BCUT2D eigenvalue weighted by atomic mass is 32.2. The van der Waals surface area contributed by atoms with Gasteiger partial charge in [-0.25, -0.2) is 0 Å². The van der Waals surface area contributed by atoms with E-state index in [0.29, 0.717) is 6.42 Å². The summed E-state index contributed by atoms with van der Waals surface area (Å²) in [6.07, 6.45) is 0.215. The molecule has 0 aromatic carbocycles. The van der Waals surface area contributed by atoms with Gasteiger partial charge in [0.05, 0.1) is 0 Å². The van der Waals surface area contributed by atoms with Crippen LogP contribution in [-0.4, -0.2) is 24.2 Å². The molecule has 0 rings (SSSR count). The molecular formula is C11H18F2O5S. The zero-order valence-electron chi connectivity index (χ0n) is 10.9. The molecule has 0 radical (unpaired) electrons. The number of esters is 1. The van der Waals surface area contributed by atoms with Gasteiger partial charge in [0.25, 0.3) is 0 Å². The molecule has 19 heavy (non-hydrogen) atoms. The van der Waals surface area contributed by atoms with Gasteiger partial charge < -0.3 is 4.74 Å². The first kappa shape index (κ1) is 18.0. The van der Waals surface area contributed by atoms with Crippen LogP contribution in [0.15, 0.2) is 12.3 Å². The van der Waals surface area contributed by atoms with E-state index in [2.05, 4.69) is 11.3 Å². The average Bonchev–Trinajstić information content (AvgIpc) is 2.23. The molecule has 0 atom stereocenters. The average molecular weight is 300 g/mol. The lowest BCUT2D eigenvalue weighted by molar-refractivity contribution is -0.144. The van der Waals surface area contributed by atoms with E-state index in [1.807, 2.05) is 13.8 Å². The Kier molecular flexibility index (Phi) is 6.58. The molecule has 0 amide bonds. The maximum atomic E-state index is 12.9. The third-order valence-electron chi connectivity index (χ3n) is 2.66. The van der Waals surface area contributed by atoms with Crippen molar-refractivity contribution in [2.75, 3.05) is 0 Å². The Labute approximate surface area is 111 Å². The van der Waals surface area contributed by atoms with E-state index >= 15 is 0 Å². The number of hydrogen-bond donors (Lipinski definition) is 1. The highest BCUT2D eigenvalue weighted by molar-refractivity contribution is 7.86. The highest BCUT2D eigenvalue weighted by Gasteiger charge is 2.46. The third-order valence-corrected chi connectivity index (χ3v) is 3.56. The van der Waals surface area contributed by atoms with Crippen LogP contribution in [0, 0.1) is 5.92 Å². The van der Waals surface area contributed by atoms with Gasteiger partial charge in [-0.2, -0.15) is 17.2 Å². The van der Waals surface area contributed by atoms with Crippen LogP contribution in [0.2, 0.25) is 0 Å². The Morgan fingerprint density at radius 1 is 1.37 bits per heavy atom. The van der Waals surface area contributed by atoms with Crippen LogP contribution < -0.4 is 0 Å². The molecule has 0 aliphatic rings. The molecule has 8 heteroatoms. The zero-order valence-corrected chi connectivity index (χ0v) is 11.7. The predicted octanol–water partition coefficient (Wildman–Crippen LogP) is 2.74. The summed E-state index contributed by atoms with van der Waals surface area (Å²) in [6.45, 7) is 7.28. The Hall–Kier alpha value is -1.02. The SMILES string of the molecule is C=C(CC(CC)CC)OC(=O)CC(F)(F)S(=O)(=O)O. The number of allylic oxidation sites excluding steroid dienone is 1. The van der Waals surface area contributed by atoms with Gasteiger partial charge in [-0.3, -0.25) is 9.35 Å². The fraction of sp³-hybridized carbons (Fsp3) is 0.727. The van der Waals surface area contributed by atoms with Crippen LogP contribution in [0.25, 0.3) is 0 Å². The van der Waals surface area contributed by atoms with E-state index in [0.717, 1.165) is 12.8 Å². The number of halogens is 2. The summed E-state index contributed by atoms with van der Waals surface area (Å²) < 4.78 is 59.1. The molecule has 0 aromatic heterocycles. The van der Waals surface area contributed by atoms with E-state index in [9.17, 15) is 22.0 Å². The number of ether oxygens (including phenoxy) is 1. The van der Waals surface area contributed by atoms with Gasteiger partial charge in [0.15, 0.2) is 0 Å². The van der Waals surface area contributed by atoms with E-state index in [-0.39, 0.29) is 11.7 Å². The summed E-state index contributed by atoms with van der Waals surface area (Å²) in [6, 6.07) is 0. The first-order valence-electron chi connectivity index (χ1n) is 5.76. The third kappa shape index (κ3) is 6.11. The molecule has 0 spiro atoms. The number of alkyl halides is 2. The van der Waals surface area contributed by atoms with Gasteiger partial charge >= 0.3 is 21.3 Å². The summed E-state index contributed by atoms with van der Waals surface area (Å²) in [4.78, 5) is 11.1. The smallest absolute Gasteiger partial charge is 0.380 e. The number of rotatable bonds is 8. The van der Waals surface area contributed by atoms with Gasteiger partial charge in [0.1, 0.15) is 12.2 Å². The molecule has 1 N–H and O–H groups in total. The Morgan fingerprint density at radius 3 is 2.21 bits per heavy atom. The Bertz CT molecular complexity index is 426. The molecule has 0 saturated heterocycles. The summed E-state index contributed by atoms with van der Waals surface area (Å²) in [5, 5.41) is -4.56. The summed E-state index contributed by atoms with van der Waals surface area (Å²) in [7, 11) is -5.63. The second-order valence-electron chi connectivity index (χ2n) is 4.19. The fourth-order valence-electron chi connectivity index (χ4n) is 1.40. The van der Waals surface area contributed by atoms with Crippen LogP contribution in [0.4, 0.5) is 8.78 Å². The van der Waals surface area contributed by atoms with E-state index in [4.69, 9.17) is 4.55 Å². The van der Waals surface area contributed by atoms with Crippen molar-refractivity contribution >= 4 is 16.1 Å². The van der Waals surface area contributed by atoms with Gasteiger partial charge in [-0.05, 0) is 5.92 Å². The van der Waals surface area contributed by atoms with E-state index in [1.54, 1.807) is 0 Å². The quantitative estimate of drug-likeness (QED) is 0.423. The van der Waals surface area contributed by atoms with Crippen molar-refractivity contribution in [3.05, 3.63) is 12.3 Å². The van der Waals surface area contributed by atoms with Gasteiger partial charge in [0, 0.05) is 6.42 Å². The second-order valence-corrected chi connectivity index (χ2v) is 5.74. The van der Waals surface area contributed by atoms with Crippen molar-refractivity contribution in [3.8, 4) is 0 Å². The van der Waals surface area contributed by atoms with Crippen LogP contribution in [-0.2, 0) is 19.6 Å². The molecule has 0 fully saturated rings. The molecule has 0 aromatic rings. The summed E-state index contributed by atoms with van der Waals surface area (Å²) in [5.41, 5.74) is 0. The van der Waals surface area contributed by atoms with Crippen molar-refractivity contribution < 1.29 is 31.3 Å². The predicted molar refractivity (Wildman–Crippen MR) is 65.0 cm³/mol. The lowest BCUT2D eigenvalue weighted by Crippen LogP contribution is -2.31. The standard InChI is InChI=1S/C11H18F2O5S/c1-4-9(5-2)6-8(3)18-10(14)7-11(12,13)19(15,16)17/h9H,3-7H2,1-2H3,(H,15,16,17). The molecule has 5 nitrogen and oxygen atoms in total. The minimum Gasteiger partial charge on any atom is -0.432 e. The maximum Gasteiger partial charge on any atom is 0.380 e. The first-order valence-corrected chi connectivity index (χ1v) is 7.20. The monoisotopic (exact) mass is 300 g/mol. The molecule has 0 bridgehead atoms. The molecule has 0 saturated carbocycles. The molecule has 0 heterocycles. The topological polar surface area (TPSA) is 80.7 Å². The van der Waals surface area contributed by atoms with Crippen molar-refractivity contribution in [2.45, 2.75) is 44.8 Å². The lowest BCUT2D eigenvalue weighted by atomic mass is 9.99. The minimum absolute atomic E-state index is 0.00448. The largest absolute Gasteiger partial charge is 0.432 e. The fourth-order valence-corrected chi connectivity index (χ4v) is 1.70.